The van der Waals surface area contributed by atoms with Gasteiger partial charge < -0.3 is 4.90 Å². The molecule has 0 spiro atoms. The van der Waals surface area contributed by atoms with Gasteiger partial charge in [-0.05, 0) is 68.1 Å². The molecule has 1 heterocycles. The van der Waals surface area contributed by atoms with Crippen LogP contribution in [0.1, 0.15) is 23.6 Å². The summed E-state index contributed by atoms with van der Waals surface area (Å²) in [5.41, 5.74) is 4.22. The third kappa shape index (κ3) is 3.95. The van der Waals surface area contributed by atoms with E-state index in [0.29, 0.717) is 5.69 Å². The lowest BCUT2D eigenvalue weighted by molar-refractivity contribution is -0.117. The number of hydrogen-bond acceptors (Lipinski definition) is 3. The first kappa shape index (κ1) is 21.1. The SMILES string of the molecule is Cc1ccc(C)c(N(CC(=O)N2c3ccccc3CC2C)S(=O)(=O)c2ccccc2)c1. The molecule has 0 aliphatic carbocycles. The van der Waals surface area contributed by atoms with E-state index in [1.165, 1.54) is 4.31 Å². The summed E-state index contributed by atoms with van der Waals surface area (Å²) in [6.07, 6.45) is 0.761. The summed E-state index contributed by atoms with van der Waals surface area (Å²) < 4.78 is 28.5. The summed E-state index contributed by atoms with van der Waals surface area (Å²) in [6.45, 7) is 5.50. The number of para-hydroxylation sites is 1. The van der Waals surface area contributed by atoms with Crippen LogP contribution >= 0.6 is 0 Å². The molecule has 0 saturated carbocycles. The molecule has 0 bridgehead atoms. The van der Waals surface area contributed by atoms with Gasteiger partial charge >= 0.3 is 0 Å². The van der Waals surface area contributed by atoms with Crippen molar-refractivity contribution >= 4 is 27.3 Å². The van der Waals surface area contributed by atoms with Crippen LogP contribution < -0.4 is 9.21 Å². The third-order valence-corrected chi connectivity index (χ3v) is 7.49. The van der Waals surface area contributed by atoms with E-state index in [9.17, 15) is 13.2 Å². The highest BCUT2D eigenvalue weighted by molar-refractivity contribution is 7.92. The van der Waals surface area contributed by atoms with E-state index in [0.717, 1.165) is 28.8 Å². The normalized spacial score (nSPS) is 15.6. The van der Waals surface area contributed by atoms with Crippen LogP contribution in [0.3, 0.4) is 0 Å². The van der Waals surface area contributed by atoms with Crippen LogP contribution in [0.5, 0.6) is 0 Å². The summed E-state index contributed by atoms with van der Waals surface area (Å²) >= 11 is 0. The van der Waals surface area contributed by atoms with E-state index < -0.39 is 10.0 Å². The maximum atomic E-state index is 13.6. The molecule has 160 valence electrons. The summed E-state index contributed by atoms with van der Waals surface area (Å²) in [6, 6.07) is 21.7. The molecule has 1 aliphatic rings. The summed E-state index contributed by atoms with van der Waals surface area (Å²) in [4.78, 5) is 15.4. The van der Waals surface area contributed by atoms with E-state index in [1.807, 2.05) is 63.2 Å². The van der Waals surface area contributed by atoms with E-state index in [-0.39, 0.29) is 23.4 Å². The largest absolute Gasteiger partial charge is 0.307 e. The second-order valence-electron chi connectivity index (χ2n) is 8.06. The molecular formula is C25H26N2O3S. The molecule has 3 aromatic carbocycles. The number of sulfonamides is 1. The van der Waals surface area contributed by atoms with E-state index in [4.69, 9.17) is 0 Å². The second kappa shape index (κ2) is 8.19. The number of nitrogens with zero attached hydrogens (tertiary/aromatic N) is 2. The molecule has 4 rings (SSSR count). The number of hydrogen-bond donors (Lipinski definition) is 0. The average Bonchev–Trinajstić information content (AvgIpc) is 3.10. The third-order valence-electron chi connectivity index (χ3n) is 5.72. The van der Waals surface area contributed by atoms with Crippen LogP contribution in [-0.4, -0.2) is 26.9 Å². The number of fused-ring (bicyclic) bond motifs is 1. The maximum Gasteiger partial charge on any atom is 0.264 e. The molecule has 0 N–H and O–H groups in total. The van der Waals surface area contributed by atoms with E-state index in [2.05, 4.69) is 0 Å². The van der Waals surface area contributed by atoms with Crippen LogP contribution in [0.4, 0.5) is 11.4 Å². The first-order chi connectivity index (χ1) is 14.8. The number of anilines is 2. The topological polar surface area (TPSA) is 57.7 Å². The molecule has 5 nitrogen and oxygen atoms in total. The van der Waals surface area contributed by atoms with E-state index in [1.54, 1.807) is 35.2 Å². The number of aryl methyl sites for hydroxylation is 2. The number of amides is 1. The molecule has 0 saturated heterocycles. The predicted octanol–water partition coefficient (Wildman–Crippen LogP) is 4.48. The van der Waals surface area contributed by atoms with Gasteiger partial charge in [0.1, 0.15) is 6.54 Å². The van der Waals surface area contributed by atoms with Gasteiger partial charge in [-0.3, -0.25) is 9.10 Å². The highest BCUT2D eigenvalue weighted by atomic mass is 32.2. The lowest BCUT2D eigenvalue weighted by Crippen LogP contribution is -2.45. The van der Waals surface area contributed by atoms with Crippen LogP contribution in [0.2, 0.25) is 0 Å². The molecule has 1 atom stereocenters. The van der Waals surface area contributed by atoms with Gasteiger partial charge in [-0.25, -0.2) is 8.42 Å². The van der Waals surface area contributed by atoms with Gasteiger partial charge in [0.2, 0.25) is 5.91 Å². The Kier molecular flexibility index (Phi) is 5.58. The Labute approximate surface area is 184 Å². The van der Waals surface area contributed by atoms with Crippen molar-refractivity contribution in [3.05, 3.63) is 89.5 Å². The fraction of sp³-hybridized carbons (Fsp3) is 0.240. The lowest BCUT2D eigenvalue weighted by Gasteiger charge is -2.30. The zero-order valence-electron chi connectivity index (χ0n) is 17.9. The van der Waals surface area contributed by atoms with Gasteiger partial charge in [-0.15, -0.1) is 0 Å². The smallest absolute Gasteiger partial charge is 0.264 e. The fourth-order valence-electron chi connectivity index (χ4n) is 4.15. The maximum absolute atomic E-state index is 13.6. The van der Waals surface area contributed by atoms with Crippen LogP contribution in [0.25, 0.3) is 0 Å². The molecule has 3 aromatic rings. The van der Waals surface area contributed by atoms with Crippen molar-refractivity contribution in [2.45, 2.75) is 38.1 Å². The summed E-state index contributed by atoms with van der Waals surface area (Å²) in [5.74, 6) is -0.238. The molecular weight excluding hydrogens is 408 g/mol. The highest BCUT2D eigenvalue weighted by Crippen LogP contribution is 2.33. The minimum absolute atomic E-state index is 0.0233. The van der Waals surface area contributed by atoms with Crippen molar-refractivity contribution in [2.75, 3.05) is 15.7 Å². The molecule has 0 fully saturated rings. The second-order valence-corrected chi connectivity index (χ2v) is 9.92. The molecule has 0 radical (unpaired) electrons. The van der Waals surface area contributed by atoms with Crippen LogP contribution in [-0.2, 0) is 21.2 Å². The Morgan fingerprint density at radius 2 is 1.68 bits per heavy atom. The first-order valence-corrected chi connectivity index (χ1v) is 11.8. The molecule has 0 aromatic heterocycles. The van der Waals surface area contributed by atoms with Crippen molar-refractivity contribution < 1.29 is 13.2 Å². The van der Waals surface area contributed by atoms with Crippen molar-refractivity contribution in [3.8, 4) is 0 Å². The van der Waals surface area contributed by atoms with Crippen molar-refractivity contribution in [1.29, 1.82) is 0 Å². The van der Waals surface area contributed by atoms with Gasteiger partial charge in [0.15, 0.2) is 0 Å². The first-order valence-electron chi connectivity index (χ1n) is 10.3. The summed E-state index contributed by atoms with van der Waals surface area (Å²) in [5, 5.41) is 0. The molecule has 1 amide bonds. The lowest BCUT2D eigenvalue weighted by atomic mass is 10.1. The van der Waals surface area contributed by atoms with E-state index >= 15 is 0 Å². The number of carbonyl (C=O) groups is 1. The number of benzene rings is 3. The average molecular weight is 435 g/mol. The number of rotatable bonds is 5. The Balaban J connectivity index is 1.77. The quantitative estimate of drug-likeness (QED) is 0.595. The molecule has 6 heteroatoms. The standard InChI is InChI=1S/C25H26N2O3S/c1-18-13-14-19(2)24(15-18)26(31(29,30)22-10-5-4-6-11-22)17-25(28)27-20(3)16-21-9-7-8-12-23(21)27/h4-15,20H,16-17H2,1-3H3. The van der Waals surface area contributed by atoms with Gasteiger partial charge in [-0.2, -0.15) is 0 Å². The van der Waals surface area contributed by atoms with Gasteiger partial charge in [0.25, 0.3) is 10.0 Å². The predicted molar refractivity (Wildman–Crippen MR) is 124 cm³/mol. The zero-order valence-corrected chi connectivity index (χ0v) is 18.8. The Hall–Kier alpha value is -3.12. The summed E-state index contributed by atoms with van der Waals surface area (Å²) in [7, 11) is -3.93. The molecule has 31 heavy (non-hydrogen) atoms. The van der Waals surface area contributed by atoms with Gasteiger partial charge in [-0.1, -0.05) is 48.5 Å². The Morgan fingerprint density at radius 1 is 1.00 bits per heavy atom. The van der Waals surface area contributed by atoms with Crippen molar-refractivity contribution in [2.24, 2.45) is 0 Å². The monoisotopic (exact) mass is 434 g/mol. The van der Waals surface area contributed by atoms with Crippen LogP contribution in [0.15, 0.2) is 77.7 Å². The molecule has 1 aliphatic heterocycles. The van der Waals surface area contributed by atoms with Crippen molar-refractivity contribution in [3.63, 3.8) is 0 Å². The fourth-order valence-corrected chi connectivity index (χ4v) is 5.64. The Morgan fingerprint density at radius 3 is 2.42 bits per heavy atom. The van der Waals surface area contributed by atoms with Crippen LogP contribution in [0, 0.1) is 13.8 Å². The zero-order chi connectivity index (χ0) is 22.2. The molecule has 1 unspecified atom stereocenters. The van der Waals surface area contributed by atoms with Gasteiger partial charge in [0, 0.05) is 11.7 Å². The minimum Gasteiger partial charge on any atom is -0.307 e. The van der Waals surface area contributed by atoms with Gasteiger partial charge in [0.05, 0.1) is 10.6 Å². The Bertz CT molecular complexity index is 1220. The minimum atomic E-state index is -3.93. The highest BCUT2D eigenvalue weighted by Gasteiger charge is 2.35. The van der Waals surface area contributed by atoms with Crippen molar-refractivity contribution in [1.82, 2.24) is 0 Å². The number of carbonyl (C=O) groups excluding carboxylic acids is 1.